The average Bonchev–Trinajstić information content (AvgIpc) is 2.92. The summed E-state index contributed by atoms with van der Waals surface area (Å²) in [5.74, 6) is 0.363. The van der Waals surface area contributed by atoms with Gasteiger partial charge in [-0.15, -0.1) is 0 Å². The van der Waals surface area contributed by atoms with Crippen LogP contribution in [0.5, 0.6) is 0 Å². The average molecular weight is 503 g/mol. The Kier molecular flexibility index (Phi) is 7.51. The molecule has 6 nitrogen and oxygen atoms in total. The third kappa shape index (κ3) is 6.24. The fourth-order valence-electron chi connectivity index (χ4n) is 4.05. The first kappa shape index (κ1) is 25.2. The molecule has 35 heavy (non-hydrogen) atoms. The number of nitrogens with one attached hydrogen (secondary N) is 2. The summed E-state index contributed by atoms with van der Waals surface area (Å²) in [6.45, 7) is 2.95. The zero-order valence-corrected chi connectivity index (χ0v) is 20.8. The number of benzene rings is 1. The van der Waals surface area contributed by atoms with Crippen LogP contribution in [0, 0.1) is 6.92 Å². The molecule has 0 fully saturated rings. The fraction of sp³-hybridized carbons (Fsp3) is 0.400. The van der Waals surface area contributed by atoms with Gasteiger partial charge in [0, 0.05) is 30.1 Å². The van der Waals surface area contributed by atoms with Gasteiger partial charge in [0.05, 0.1) is 28.0 Å². The maximum atomic E-state index is 13.3. The van der Waals surface area contributed by atoms with Crippen LogP contribution in [-0.4, -0.2) is 45.9 Å². The second kappa shape index (κ2) is 10.4. The summed E-state index contributed by atoms with van der Waals surface area (Å²) in [4.78, 5) is 15.8. The molecule has 186 valence electrons. The number of pyridine rings is 1. The van der Waals surface area contributed by atoms with E-state index >= 15 is 0 Å². The summed E-state index contributed by atoms with van der Waals surface area (Å²) in [6, 6.07) is 5.69. The van der Waals surface area contributed by atoms with Gasteiger partial charge >= 0.3 is 6.18 Å². The van der Waals surface area contributed by atoms with Crippen LogP contribution in [0.3, 0.4) is 0 Å². The SMILES string of the molecule is Cc1ncc(CCCCN(C)C)cc1Nc1ncc2c(n1)-c1ccc(C(F)(F)F)cc1NC(S)C2. The van der Waals surface area contributed by atoms with Crippen molar-refractivity contribution in [3.05, 3.63) is 59.0 Å². The van der Waals surface area contributed by atoms with Gasteiger partial charge in [0.25, 0.3) is 0 Å². The number of nitrogens with zero attached hydrogens (tertiary/aromatic N) is 4. The van der Waals surface area contributed by atoms with Gasteiger partial charge in [-0.05, 0) is 76.2 Å². The molecular formula is C25H29F3N6S. The van der Waals surface area contributed by atoms with E-state index in [2.05, 4.69) is 58.3 Å². The van der Waals surface area contributed by atoms with E-state index < -0.39 is 11.7 Å². The van der Waals surface area contributed by atoms with Crippen LogP contribution in [0.1, 0.15) is 35.2 Å². The van der Waals surface area contributed by atoms with Crippen molar-refractivity contribution in [2.45, 2.75) is 44.2 Å². The summed E-state index contributed by atoms with van der Waals surface area (Å²) < 4.78 is 39.8. The van der Waals surface area contributed by atoms with Crippen molar-refractivity contribution < 1.29 is 13.2 Å². The molecule has 1 atom stereocenters. The van der Waals surface area contributed by atoms with Gasteiger partial charge in [-0.1, -0.05) is 6.07 Å². The lowest BCUT2D eigenvalue weighted by Crippen LogP contribution is -2.14. The molecule has 3 heterocycles. The van der Waals surface area contributed by atoms with Gasteiger partial charge in [-0.25, -0.2) is 9.97 Å². The number of aryl methyl sites for hydroxylation is 2. The third-order valence-corrected chi connectivity index (χ3v) is 6.22. The van der Waals surface area contributed by atoms with Crippen molar-refractivity contribution >= 4 is 30.0 Å². The Morgan fingerprint density at radius 2 is 1.94 bits per heavy atom. The summed E-state index contributed by atoms with van der Waals surface area (Å²) in [5, 5.41) is 5.95. The van der Waals surface area contributed by atoms with Crippen molar-refractivity contribution in [3.8, 4) is 11.3 Å². The fourth-order valence-corrected chi connectivity index (χ4v) is 4.39. The maximum absolute atomic E-state index is 13.3. The van der Waals surface area contributed by atoms with Crippen LogP contribution in [0.25, 0.3) is 11.3 Å². The molecule has 1 aliphatic rings. The Labute approximate surface area is 208 Å². The zero-order chi connectivity index (χ0) is 25.2. The van der Waals surface area contributed by atoms with Crippen LogP contribution in [-0.2, 0) is 19.0 Å². The predicted molar refractivity (Wildman–Crippen MR) is 136 cm³/mol. The van der Waals surface area contributed by atoms with Crippen molar-refractivity contribution in [3.63, 3.8) is 0 Å². The van der Waals surface area contributed by atoms with E-state index in [0.29, 0.717) is 29.3 Å². The summed E-state index contributed by atoms with van der Waals surface area (Å²) in [5.41, 5.74) is 4.35. The van der Waals surface area contributed by atoms with Gasteiger partial charge in [-0.2, -0.15) is 25.8 Å². The first-order valence-electron chi connectivity index (χ1n) is 11.5. The normalized spacial score (nSPS) is 15.3. The molecule has 0 saturated carbocycles. The molecule has 0 bridgehead atoms. The molecule has 1 unspecified atom stereocenters. The minimum absolute atomic E-state index is 0.348. The molecular weight excluding hydrogens is 473 g/mol. The minimum atomic E-state index is -4.43. The van der Waals surface area contributed by atoms with Gasteiger partial charge in [0.2, 0.25) is 5.95 Å². The number of alkyl halides is 3. The van der Waals surface area contributed by atoms with Crippen LogP contribution in [0.15, 0.2) is 36.7 Å². The van der Waals surface area contributed by atoms with E-state index in [1.54, 1.807) is 6.20 Å². The molecule has 1 aromatic carbocycles. The molecule has 0 radical (unpaired) electrons. The van der Waals surface area contributed by atoms with Crippen LogP contribution >= 0.6 is 12.6 Å². The van der Waals surface area contributed by atoms with Crippen LogP contribution in [0.2, 0.25) is 0 Å². The Morgan fingerprint density at radius 3 is 2.69 bits per heavy atom. The van der Waals surface area contributed by atoms with Crippen molar-refractivity contribution in [2.24, 2.45) is 0 Å². The number of hydrogen-bond acceptors (Lipinski definition) is 7. The highest BCUT2D eigenvalue weighted by atomic mass is 32.1. The lowest BCUT2D eigenvalue weighted by atomic mass is 10.0. The number of thiol groups is 1. The Hall–Kier alpha value is -2.85. The lowest BCUT2D eigenvalue weighted by molar-refractivity contribution is -0.137. The largest absolute Gasteiger partial charge is 0.416 e. The van der Waals surface area contributed by atoms with Crippen molar-refractivity contribution in [2.75, 3.05) is 31.3 Å². The predicted octanol–water partition coefficient (Wildman–Crippen LogP) is 5.72. The first-order chi connectivity index (χ1) is 16.6. The number of halogens is 3. The topological polar surface area (TPSA) is 66.0 Å². The molecule has 0 saturated heterocycles. The van der Waals surface area contributed by atoms with E-state index in [0.717, 1.165) is 60.4 Å². The van der Waals surface area contributed by atoms with Gasteiger partial charge in [0.1, 0.15) is 0 Å². The third-order valence-electron chi connectivity index (χ3n) is 5.91. The number of aromatic nitrogens is 3. The molecule has 2 aromatic heterocycles. The quantitative estimate of drug-likeness (QED) is 0.284. The van der Waals surface area contributed by atoms with Gasteiger partial charge in [-0.3, -0.25) is 4.98 Å². The Morgan fingerprint density at radius 1 is 1.14 bits per heavy atom. The maximum Gasteiger partial charge on any atom is 0.416 e. The Bertz CT molecular complexity index is 1200. The Balaban J connectivity index is 1.61. The molecule has 0 aliphatic carbocycles. The summed E-state index contributed by atoms with van der Waals surface area (Å²) >= 11 is 4.49. The van der Waals surface area contributed by atoms with E-state index in [-0.39, 0.29) is 5.37 Å². The number of rotatable bonds is 7. The zero-order valence-electron chi connectivity index (χ0n) is 19.9. The van der Waals surface area contributed by atoms with Crippen LogP contribution in [0.4, 0.5) is 30.5 Å². The standard InChI is InChI=1S/C25H29F3N6S/c1-15-20(10-16(13-29-15)6-4-5-9-34(2)3)32-24-30-14-17-11-22(35)31-21-12-18(25(26,27)28)7-8-19(21)23(17)33-24/h7-8,10,12-14,22,31,35H,4-6,9,11H2,1-3H3,(H,30,32,33). The summed E-state index contributed by atoms with van der Waals surface area (Å²) in [7, 11) is 4.13. The number of fused-ring (bicyclic) bond motifs is 3. The second-order valence-electron chi connectivity index (χ2n) is 9.05. The van der Waals surface area contributed by atoms with Crippen LogP contribution < -0.4 is 10.6 Å². The molecule has 0 amide bonds. The minimum Gasteiger partial charge on any atom is -0.373 e. The smallest absolute Gasteiger partial charge is 0.373 e. The van der Waals surface area contributed by atoms with E-state index in [1.807, 2.05) is 13.1 Å². The van der Waals surface area contributed by atoms with Crippen molar-refractivity contribution in [1.82, 2.24) is 19.9 Å². The highest BCUT2D eigenvalue weighted by Crippen LogP contribution is 2.39. The summed E-state index contributed by atoms with van der Waals surface area (Å²) in [6.07, 6.45) is 2.72. The lowest BCUT2D eigenvalue weighted by Gasteiger charge is -2.15. The van der Waals surface area contributed by atoms with E-state index in [9.17, 15) is 13.2 Å². The highest BCUT2D eigenvalue weighted by molar-refractivity contribution is 7.81. The molecule has 0 spiro atoms. The molecule has 10 heteroatoms. The second-order valence-corrected chi connectivity index (χ2v) is 9.68. The van der Waals surface area contributed by atoms with Gasteiger partial charge in [0.15, 0.2) is 0 Å². The van der Waals surface area contributed by atoms with Gasteiger partial charge < -0.3 is 15.5 Å². The van der Waals surface area contributed by atoms with E-state index in [1.165, 1.54) is 6.07 Å². The molecule has 3 aromatic rings. The van der Waals surface area contributed by atoms with E-state index in [4.69, 9.17) is 4.98 Å². The number of hydrogen-bond donors (Lipinski definition) is 3. The van der Waals surface area contributed by atoms with Crippen molar-refractivity contribution in [1.29, 1.82) is 0 Å². The molecule has 1 aliphatic heterocycles. The highest BCUT2D eigenvalue weighted by Gasteiger charge is 2.32. The number of anilines is 3. The first-order valence-corrected chi connectivity index (χ1v) is 12.0. The number of unbranched alkanes of at least 4 members (excludes halogenated alkanes) is 1. The molecule has 4 rings (SSSR count). The monoisotopic (exact) mass is 502 g/mol. The molecule has 2 N–H and O–H groups in total.